The van der Waals surface area contributed by atoms with Gasteiger partial charge in [-0.15, -0.1) is 0 Å². The Morgan fingerprint density at radius 2 is 1.31 bits per heavy atom. The van der Waals surface area contributed by atoms with Crippen LogP contribution in [0.3, 0.4) is 0 Å². The molecule has 0 aromatic rings. The molecular weight excluding hydrogens is 434 g/mol. The first-order chi connectivity index (χ1) is 14.7. The first kappa shape index (κ1) is 28.7. The zero-order valence-corrected chi connectivity index (χ0v) is 17.5. The quantitative estimate of drug-likeness (QED) is 0.118. The van der Waals surface area contributed by atoms with Crippen LogP contribution >= 0.6 is 0 Å². The molecule has 15 nitrogen and oxygen atoms in total. The van der Waals surface area contributed by atoms with Gasteiger partial charge in [-0.2, -0.15) is 0 Å². The van der Waals surface area contributed by atoms with Gasteiger partial charge in [0.1, 0.15) is 12.1 Å². The van der Waals surface area contributed by atoms with Gasteiger partial charge in [-0.1, -0.05) is 0 Å². The van der Waals surface area contributed by atoms with Gasteiger partial charge >= 0.3 is 11.9 Å². The average molecular weight is 463 g/mol. The molecule has 0 aromatic heterocycles. The smallest absolute Gasteiger partial charge is 0.328 e. The third-order valence-corrected chi connectivity index (χ3v) is 4.16. The maximum atomic E-state index is 12.5. The zero-order valence-electron chi connectivity index (χ0n) is 17.5. The minimum atomic E-state index is -1.80. The van der Waals surface area contributed by atoms with Crippen molar-refractivity contribution in [2.45, 2.75) is 69.5 Å². The first-order valence-corrected chi connectivity index (χ1v) is 9.43. The van der Waals surface area contributed by atoms with Crippen molar-refractivity contribution in [1.29, 1.82) is 0 Å². The first-order valence-electron chi connectivity index (χ1n) is 9.43. The van der Waals surface area contributed by atoms with Gasteiger partial charge < -0.3 is 47.8 Å². The Labute approximate surface area is 182 Å². The number of nitrogens with two attached hydrogens (primary N) is 2. The fraction of sp³-hybridized carbons (Fsp3) is 0.647. The van der Waals surface area contributed by atoms with E-state index in [4.69, 9.17) is 21.7 Å². The fourth-order valence-electron chi connectivity index (χ4n) is 2.38. The van der Waals surface area contributed by atoms with Crippen molar-refractivity contribution in [3.05, 3.63) is 0 Å². The highest BCUT2D eigenvalue weighted by molar-refractivity contribution is 5.96. The summed E-state index contributed by atoms with van der Waals surface area (Å²) in [5.74, 6) is -7.17. The average Bonchev–Trinajstić information content (AvgIpc) is 2.65. The van der Waals surface area contributed by atoms with Crippen LogP contribution in [0.2, 0.25) is 0 Å². The maximum absolute atomic E-state index is 12.5. The normalized spacial score (nSPS) is 16.4. The monoisotopic (exact) mass is 463 g/mol. The van der Waals surface area contributed by atoms with Crippen molar-refractivity contribution in [2.24, 2.45) is 11.5 Å². The number of hydrogen-bond acceptors (Lipinski definition) is 9. The van der Waals surface area contributed by atoms with E-state index in [1.165, 1.54) is 0 Å². The Balaban J connectivity index is 5.41. The van der Waals surface area contributed by atoms with Crippen LogP contribution in [0.4, 0.5) is 0 Å². The number of carboxylic acids is 2. The molecule has 0 saturated carbocycles. The molecule has 0 aliphatic heterocycles. The summed E-state index contributed by atoms with van der Waals surface area (Å²) in [5.41, 5.74) is 10.6. The van der Waals surface area contributed by atoms with Gasteiger partial charge in [-0.3, -0.25) is 24.0 Å². The topological polar surface area (TPSA) is 271 Å². The summed E-state index contributed by atoms with van der Waals surface area (Å²) < 4.78 is 0. The fourth-order valence-corrected chi connectivity index (χ4v) is 2.38. The highest BCUT2D eigenvalue weighted by atomic mass is 16.4. The molecule has 11 N–H and O–H groups in total. The third-order valence-electron chi connectivity index (χ3n) is 4.16. The molecule has 32 heavy (non-hydrogen) atoms. The number of carbonyl (C=O) groups is 6. The number of aliphatic hydroxyl groups is 2. The molecule has 0 heterocycles. The second-order valence-corrected chi connectivity index (χ2v) is 7.06. The standard InChI is InChI=1S/C17H29N5O10/c1-6(23)12(21-14(28)8(18)3-4-10(19)25)16(30)20-9(5-11(26)27)15(29)22-13(7(2)24)17(31)32/h6-9,12-13,23-24H,3-5,18H2,1-2H3,(H2,19,25)(H,20,30)(H,21,28)(H,22,29)(H,26,27)(H,31,32). The minimum absolute atomic E-state index is 0.144. The van der Waals surface area contributed by atoms with E-state index in [1.54, 1.807) is 0 Å². The number of carbonyl (C=O) groups excluding carboxylic acids is 4. The summed E-state index contributed by atoms with van der Waals surface area (Å²) in [6.07, 6.45) is -4.38. The van der Waals surface area contributed by atoms with Crippen LogP contribution in [0.5, 0.6) is 0 Å². The number of carboxylic acid groups (broad SMARTS) is 2. The van der Waals surface area contributed by atoms with Gasteiger partial charge in [0.05, 0.1) is 24.7 Å². The number of aliphatic carboxylic acids is 2. The molecule has 0 aliphatic carbocycles. The van der Waals surface area contributed by atoms with Crippen LogP contribution in [0.1, 0.15) is 33.1 Å². The lowest BCUT2D eigenvalue weighted by molar-refractivity contribution is -0.146. The molecule has 0 fully saturated rings. The summed E-state index contributed by atoms with van der Waals surface area (Å²) in [6.45, 7) is 2.20. The summed E-state index contributed by atoms with van der Waals surface area (Å²) in [6, 6.07) is -6.51. The van der Waals surface area contributed by atoms with Gasteiger partial charge in [0.2, 0.25) is 23.6 Å². The molecule has 6 unspecified atom stereocenters. The lowest BCUT2D eigenvalue weighted by atomic mass is 10.1. The van der Waals surface area contributed by atoms with Crippen molar-refractivity contribution >= 4 is 35.6 Å². The molecule has 182 valence electrons. The van der Waals surface area contributed by atoms with Crippen LogP contribution in [-0.2, 0) is 28.8 Å². The second-order valence-electron chi connectivity index (χ2n) is 7.06. The summed E-state index contributed by atoms with van der Waals surface area (Å²) in [7, 11) is 0. The number of hydrogen-bond donors (Lipinski definition) is 9. The van der Waals surface area contributed by atoms with Crippen LogP contribution in [0, 0.1) is 0 Å². The minimum Gasteiger partial charge on any atom is -0.481 e. The van der Waals surface area contributed by atoms with E-state index in [2.05, 4.69) is 5.32 Å². The Morgan fingerprint density at radius 1 is 0.812 bits per heavy atom. The number of primary amides is 1. The number of amides is 4. The molecule has 0 radical (unpaired) electrons. The number of aliphatic hydroxyl groups excluding tert-OH is 2. The molecule has 0 aromatic carbocycles. The van der Waals surface area contributed by atoms with E-state index in [9.17, 15) is 39.0 Å². The van der Waals surface area contributed by atoms with Crippen LogP contribution < -0.4 is 27.4 Å². The SMILES string of the molecule is CC(O)C(NC(=O)C(CC(=O)O)NC(=O)C(NC(=O)C(N)CCC(N)=O)C(C)O)C(=O)O. The lowest BCUT2D eigenvalue weighted by Crippen LogP contribution is -2.60. The molecule has 0 rings (SSSR count). The van der Waals surface area contributed by atoms with E-state index in [-0.39, 0.29) is 12.8 Å². The van der Waals surface area contributed by atoms with E-state index >= 15 is 0 Å². The van der Waals surface area contributed by atoms with Gasteiger partial charge in [-0.25, -0.2) is 4.79 Å². The molecule has 0 spiro atoms. The van der Waals surface area contributed by atoms with Gasteiger partial charge in [0, 0.05) is 6.42 Å². The molecule has 4 amide bonds. The van der Waals surface area contributed by atoms with Crippen LogP contribution in [0.25, 0.3) is 0 Å². The predicted octanol–water partition coefficient (Wildman–Crippen LogP) is -4.65. The highest BCUT2D eigenvalue weighted by Gasteiger charge is 2.34. The second kappa shape index (κ2) is 13.2. The predicted molar refractivity (Wildman–Crippen MR) is 105 cm³/mol. The van der Waals surface area contributed by atoms with Crippen molar-refractivity contribution in [3.8, 4) is 0 Å². The Morgan fingerprint density at radius 3 is 1.72 bits per heavy atom. The largest absolute Gasteiger partial charge is 0.481 e. The summed E-state index contributed by atoms with van der Waals surface area (Å²) in [5, 5.41) is 43.3. The lowest BCUT2D eigenvalue weighted by Gasteiger charge is -2.26. The van der Waals surface area contributed by atoms with Gasteiger partial charge in [0.15, 0.2) is 6.04 Å². The van der Waals surface area contributed by atoms with Crippen LogP contribution in [0.15, 0.2) is 0 Å². The van der Waals surface area contributed by atoms with E-state index in [1.807, 2.05) is 10.6 Å². The Kier molecular flexibility index (Phi) is 11.8. The maximum Gasteiger partial charge on any atom is 0.328 e. The number of nitrogens with one attached hydrogen (secondary N) is 3. The van der Waals surface area contributed by atoms with E-state index in [0.717, 1.165) is 13.8 Å². The summed E-state index contributed by atoms with van der Waals surface area (Å²) in [4.78, 5) is 70.0. The molecule has 6 atom stereocenters. The molecular formula is C17H29N5O10. The van der Waals surface area contributed by atoms with Crippen molar-refractivity contribution in [2.75, 3.05) is 0 Å². The van der Waals surface area contributed by atoms with Gasteiger partial charge in [0.25, 0.3) is 0 Å². The van der Waals surface area contributed by atoms with Crippen LogP contribution in [-0.4, -0.2) is 92.4 Å². The third kappa shape index (κ3) is 10.1. The summed E-state index contributed by atoms with van der Waals surface area (Å²) >= 11 is 0. The Bertz CT molecular complexity index is 727. The molecule has 15 heteroatoms. The molecule has 0 saturated heterocycles. The zero-order chi connectivity index (χ0) is 25.2. The number of rotatable bonds is 14. The molecule has 0 aliphatic rings. The highest BCUT2D eigenvalue weighted by Crippen LogP contribution is 2.03. The van der Waals surface area contributed by atoms with Crippen molar-refractivity contribution in [1.82, 2.24) is 16.0 Å². The van der Waals surface area contributed by atoms with Crippen molar-refractivity contribution < 1.29 is 49.2 Å². The van der Waals surface area contributed by atoms with Gasteiger partial charge in [-0.05, 0) is 20.3 Å². The molecule has 0 bridgehead atoms. The Hall–Kier alpha value is -3.30. The van der Waals surface area contributed by atoms with Crippen molar-refractivity contribution in [3.63, 3.8) is 0 Å². The van der Waals surface area contributed by atoms with E-state index < -0.39 is 78.4 Å². The van der Waals surface area contributed by atoms with E-state index in [0.29, 0.717) is 0 Å².